The van der Waals surface area contributed by atoms with Gasteiger partial charge in [0.2, 0.25) is 0 Å². The van der Waals surface area contributed by atoms with Crippen LogP contribution in [0.2, 0.25) is 0 Å². The molecule has 0 aromatic carbocycles. The maximum absolute atomic E-state index is 5.64. The first-order valence-corrected chi connectivity index (χ1v) is 6.28. The van der Waals surface area contributed by atoms with Gasteiger partial charge in [0.05, 0.1) is 0 Å². The first-order chi connectivity index (χ1) is 7.92. The lowest BCUT2D eigenvalue weighted by Gasteiger charge is -2.26. The molecule has 2 atom stereocenters. The highest BCUT2D eigenvalue weighted by Gasteiger charge is 2.19. The summed E-state index contributed by atoms with van der Waals surface area (Å²) < 4.78 is 0. The second kappa shape index (κ2) is 6.12. The van der Waals surface area contributed by atoms with Crippen molar-refractivity contribution in [3.8, 4) is 0 Å². The minimum absolute atomic E-state index is 0.195. The summed E-state index contributed by atoms with van der Waals surface area (Å²) in [5.74, 6) is 6.27. The van der Waals surface area contributed by atoms with Crippen molar-refractivity contribution < 1.29 is 0 Å². The number of hydrogen-bond donors (Lipinski definition) is 2. The van der Waals surface area contributed by atoms with Crippen LogP contribution in [0, 0.1) is 11.3 Å². The monoisotopic (exact) mass is 235 g/mol. The summed E-state index contributed by atoms with van der Waals surface area (Å²) in [7, 11) is 0. The molecule has 0 aliphatic carbocycles. The molecule has 0 aliphatic heterocycles. The van der Waals surface area contributed by atoms with Crippen LogP contribution in [0.1, 0.15) is 52.1 Å². The number of nitrogens with two attached hydrogens (primary N) is 1. The van der Waals surface area contributed by atoms with Crippen molar-refractivity contribution in [1.29, 1.82) is 0 Å². The Hall–Kier alpha value is -0.930. The van der Waals surface area contributed by atoms with E-state index in [1.807, 2.05) is 12.3 Å². The van der Waals surface area contributed by atoms with Crippen LogP contribution in [0.4, 0.5) is 0 Å². The molecule has 0 aliphatic rings. The Morgan fingerprint density at radius 3 is 2.59 bits per heavy atom. The minimum atomic E-state index is 0.195. The lowest BCUT2D eigenvalue weighted by atomic mass is 9.82. The fourth-order valence-electron chi connectivity index (χ4n) is 2.41. The van der Waals surface area contributed by atoms with Gasteiger partial charge in [-0.2, -0.15) is 0 Å². The molecule has 0 bridgehead atoms. The van der Waals surface area contributed by atoms with E-state index in [2.05, 4.69) is 44.2 Å². The van der Waals surface area contributed by atoms with Gasteiger partial charge in [0.25, 0.3) is 0 Å². The van der Waals surface area contributed by atoms with Crippen LogP contribution in [-0.2, 0) is 0 Å². The Bertz CT molecular complexity index is 316. The van der Waals surface area contributed by atoms with Crippen LogP contribution >= 0.6 is 0 Å². The van der Waals surface area contributed by atoms with Gasteiger partial charge in [-0.3, -0.25) is 16.3 Å². The number of hydrogen-bond acceptors (Lipinski definition) is 3. The van der Waals surface area contributed by atoms with E-state index in [-0.39, 0.29) is 6.04 Å². The largest absolute Gasteiger partial charge is 0.271 e. The van der Waals surface area contributed by atoms with Gasteiger partial charge < -0.3 is 0 Å². The fourth-order valence-corrected chi connectivity index (χ4v) is 2.41. The van der Waals surface area contributed by atoms with E-state index in [1.54, 1.807) is 6.20 Å². The van der Waals surface area contributed by atoms with Crippen LogP contribution in [0.15, 0.2) is 24.5 Å². The molecule has 3 heteroatoms. The van der Waals surface area contributed by atoms with Crippen molar-refractivity contribution in [3.63, 3.8) is 0 Å². The second-order valence-corrected chi connectivity index (χ2v) is 6.11. The number of aromatic nitrogens is 1. The third-order valence-electron chi connectivity index (χ3n) is 2.89. The van der Waals surface area contributed by atoms with Crippen molar-refractivity contribution in [2.45, 2.75) is 46.6 Å². The third kappa shape index (κ3) is 5.29. The number of nitrogens with one attached hydrogen (secondary N) is 1. The zero-order chi connectivity index (χ0) is 12.9. The molecule has 1 aromatic rings. The van der Waals surface area contributed by atoms with E-state index >= 15 is 0 Å². The molecule has 1 rings (SSSR count). The van der Waals surface area contributed by atoms with Crippen LogP contribution < -0.4 is 11.3 Å². The minimum Gasteiger partial charge on any atom is -0.271 e. The van der Waals surface area contributed by atoms with Gasteiger partial charge in [0, 0.05) is 18.4 Å². The van der Waals surface area contributed by atoms with E-state index in [1.165, 1.54) is 6.42 Å². The molecule has 3 nitrogen and oxygen atoms in total. The molecule has 0 amide bonds. The molecule has 1 heterocycles. The van der Waals surface area contributed by atoms with Crippen molar-refractivity contribution in [2.24, 2.45) is 17.2 Å². The van der Waals surface area contributed by atoms with Crippen molar-refractivity contribution >= 4 is 0 Å². The maximum Gasteiger partial charge on any atom is 0.0477 e. The standard InChI is InChI=1S/C14H25N3/c1-11(9-14(2,3)4)8-13(17-15)12-6-5-7-16-10-12/h5-7,10-11,13,17H,8-9,15H2,1-4H3. The van der Waals surface area contributed by atoms with Crippen LogP contribution in [0.5, 0.6) is 0 Å². The normalized spacial score (nSPS) is 15.6. The summed E-state index contributed by atoms with van der Waals surface area (Å²) >= 11 is 0. The predicted molar refractivity (Wildman–Crippen MR) is 72.2 cm³/mol. The topological polar surface area (TPSA) is 50.9 Å². The molecule has 96 valence electrons. The van der Waals surface area contributed by atoms with Gasteiger partial charge in [-0.05, 0) is 35.8 Å². The van der Waals surface area contributed by atoms with E-state index in [9.17, 15) is 0 Å². The number of nitrogens with zero attached hydrogens (tertiary/aromatic N) is 1. The zero-order valence-electron chi connectivity index (χ0n) is 11.4. The molecule has 0 radical (unpaired) electrons. The highest BCUT2D eigenvalue weighted by atomic mass is 15.2. The maximum atomic E-state index is 5.64. The fraction of sp³-hybridized carbons (Fsp3) is 0.643. The lowest BCUT2D eigenvalue weighted by molar-refractivity contribution is 0.276. The Kier molecular flexibility index (Phi) is 5.09. The second-order valence-electron chi connectivity index (χ2n) is 6.11. The molecule has 3 N–H and O–H groups in total. The third-order valence-corrected chi connectivity index (χ3v) is 2.89. The van der Waals surface area contributed by atoms with Crippen molar-refractivity contribution in [2.75, 3.05) is 0 Å². The molecule has 17 heavy (non-hydrogen) atoms. The summed E-state index contributed by atoms with van der Waals surface area (Å²) in [6, 6.07) is 4.22. The zero-order valence-corrected chi connectivity index (χ0v) is 11.4. The van der Waals surface area contributed by atoms with Gasteiger partial charge in [0.1, 0.15) is 0 Å². The first kappa shape index (κ1) is 14.1. The van der Waals surface area contributed by atoms with Crippen molar-refractivity contribution in [3.05, 3.63) is 30.1 Å². The SMILES string of the molecule is CC(CC(NN)c1cccnc1)CC(C)(C)C. The van der Waals surface area contributed by atoms with E-state index in [0.717, 1.165) is 12.0 Å². The summed E-state index contributed by atoms with van der Waals surface area (Å²) in [6.45, 7) is 9.11. The van der Waals surface area contributed by atoms with E-state index in [0.29, 0.717) is 11.3 Å². The Morgan fingerprint density at radius 1 is 1.41 bits per heavy atom. The average molecular weight is 235 g/mol. The quantitative estimate of drug-likeness (QED) is 0.609. The number of pyridine rings is 1. The molecule has 0 saturated heterocycles. The van der Waals surface area contributed by atoms with Crippen molar-refractivity contribution in [1.82, 2.24) is 10.4 Å². The average Bonchev–Trinajstić information content (AvgIpc) is 2.24. The molecule has 2 unspecified atom stereocenters. The molecule has 1 aromatic heterocycles. The summed E-state index contributed by atoms with van der Waals surface area (Å²) in [5, 5.41) is 0. The van der Waals surface area contributed by atoms with E-state index < -0.39 is 0 Å². The van der Waals surface area contributed by atoms with Crippen LogP contribution in [-0.4, -0.2) is 4.98 Å². The van der Waals surface area contributed by atoms with Crippen LogP contribution in [0.25, 0.3) is 0 Å². The molecule has 0 fully saturated rings. The molecule has 0 saturated carbocycles. The smallest absolute Gasteiger partial charge is 0.0477 e. The Balaban J connectivity index is 2.59. The molecule has 0 spiro atoms. The van der Waals surface area contributed by atoms with Crippen LogP contribution in [0.3, 0.4) is 0 Å². The Morgan fingerprint density at radius 2 is 2.12 bits per heavy atom. The molecular weight excluding hydrogens is 210 g/mol. The first-order valence-electron chi connectivity index (χ1n) is 6.28. The van der Waals surface area contributed by atoms with E-state index in [4.69, 9.17) is 5.84 Å². The highest BCUT2D eigenvalue weighted by Crippen LogP contribution is 2.29. The summed E-state index contributed by atoms with van der Waals surface area (Å²) in [6.07, 6.45) is 5.91. The van der Waals surface area contributed by atoms with Gasteiger partial charge >= 0.3 is 0 Å². The van der Waals surface area contributed by atoms with Gasteiger partial charge in [0.15, 0.2) is 0 Å². The highest BCUT2D eigenvalue weighted by molar-refractivity contribution is 5.13. The lowest BCUT2D eigenvalue weighted by Crippen LogP contribution is -2.30. The summed E-state index contributed by atoms with van der Waals surface area (Å²) in [4.78, 5) is 4.14. The number of rotatable bonds is 5. The Labute approximate surface area is 105 Å². The molecular formula is C14H25N3. The van der Waals surface area contributed by atoms with Gasteiger partial charge in [-0.1, -0.05) is 33.8 Å². The summed E-state index contributed by atoms with van der Waals surface area (Å²) in [5.41, 5.74) is 4.43. The van der Waals surface area contributed by atoms with Gasteiger partial charge in [-0.25, -0.2) is 0 Å². The predicted octanol–water partition coefficient (Wildman–Crippen LogP) is 3.05. The van der Waals surface area contributed by atoms with Gasteiger partial charge in [-0.15, -0.1) is 0 Å². The number of hydrazine groups is 1.